The van der Waals surface area contributed by atoms with Crippen molar-refractivity contribution in [2.75, 3.05) is 12.4 Å². The summed E-state index contributed by atoms with van der Waals surface area (Å²) in [5, 5.41) is 2.98. The van der Waals surface area contributed by atoms with Gasteiger partial charge in [-0.15, -0.1) is 0 Å². The molecule has 1 heterocycles. The van der Waals surface area contributed by atoms with Crippen LogP contribution in [0.5, 0.6) is 5.75 Å². The van der Waals surface area contributed by atoms with Gasteiger partial charge in [-0.2, -0.15) is 0 Å². The van der Waals surface area contributed by atoms with Crippen LogP contribution in [0.4, 0.5) is 5.69 Å². The SMILES string of the molecule is COc1ccc(Sc2cc3c(cc2Cl)C(=O)C(=O)N3)cc1. The van der Waals surface area contributed by atoms with E-state index in [1.165, 1.54) is 17.8 Å². The largest absolute Gasteiger partial charge is 0.497 e. The third-order valence-electron chi connectivity index (χ3n) is 3.06. The predicted octanol–water partition coefficient (Wildman–Crippen LogP) is 3.63. The molecule has 6 heteroatoms. The van der Waals surface area contributed by atoms with E-state index in [4.69, 9.17) is 16.3 Å². The highest BCUT2D eigenvalue weighted by Crippen LogP contribution is 2.38. The fourth-order valence-electron chi connectivity index (χ4n) is 2.00. The molecule has 1 aliphatic rings. The quantitative estimate of drug-likeness (QED) is 0.878. The normalized spacial score (nSPS) is 13.0. The first-order chi connectivity index (χ1) is 10.1. The second-order valence-corrected chi connectivity index (χ2v) is 5.91. The summed E-state index contributed by atoms with van der Waals surface area (Å²) in [5.41, 5.74) is 0.828. The molecule has 0 fully saturated rings. The fourth-order valence-corrected chi connectivity index (χ4v) is 3.13. The third kappa shape index (κ3) is 2.62. The zero-order valence-electron chi connectivity index (χ0n) is 11.0. The Kier molecular flexibility index (Phi) is 3.61. The molecule has 2 aromatic carbocycles. The highest BCUT2D eigenvalue weighted by molar-refractivity contribution is 7.99. The standard InChI is InChI=1S/C15H10ClNO3S/c1-20-8-2-4-9(5-3-8)21-13-7-12-10(6-11(13)16)14(18)15(19)17-12/h2-7H,1H3,(H,17,18,19). The zero-order valence-corrected chi connectivity index (χ0v) is 12.5. The zero-order chi connectivity index (χ0) is 15.0. The minimum Gasteiger partial charge on any atom is -0.497 e. The molecule has 0 unspecified atom stereocenters. The van der Waals surface area contributed by atoms with Crippen LogP contribution in [0.15, 0.2) is 46.2 Å². The van der Waals surface area contributed by atoms with E-state index < -0.39 is 11.7 Å². The summed E-state index contributed by atoms with van der Waals surface area (Å²) in [5.74, 6) is -0.391. The van der Waals surface area contributed by atoms with Gasteiger partial charge in [-0.05, 0) is 36.4 Å². The summed E-state index contributed by atoms with van der Waals surface area (Å²) in [6.07, 6.45) is 0. The first kappa shape index (κ1) is 14.0. The molecule has 0 bridgehead atoms. The van der Waals surface area contributed by atoms with Crippen LogP contribution in [0.2, 0.25) is 5.02 Å². The van der Waals surface area contributed by atoms with Crippen LogP contribution in [0.1, 0.15) is 10.4 Å². The lowest BCUT2D eigenvalue weighted by Crippen LogP contribution is -2.12. The number of amides is 1. The topological polar surface area (TPSA) is 55.4 Å². The lowest BCUT2D eigenvalue weighted by atomic mass is 10.1. The molecule has 1 amide bonds. The van der Waals surface area contributed by atoms with Crippen LogP contribution in [-0.2, 0) is 4.79 Å². The Morgan fingerprint density at radius 3 is 2.52 bits per heavy atom. The number of fused-ring (bicyclic) bond motifs is 1. The number of carbonyl (C=O) groups is 2. The van der Waals surface area contributed by atoms with Crippen LogP contribution < -0.4 is 10.1 Å². The molecule has 0 spiro atoms. The molecule has 0 aliphatic carbocycles. The lowest BCUT2D eigenvalue weighted by molar-refractivity contribution is -0.112. The molecular weight excluding hydrogens is 310 g/mol. The van der Waals surface area contributed by atoms with Crippen LogP contribution in [0.25, 0.3) is 0 Å². The van der Waals surface area contributed by atoms with E-state index in [2.05, 4.69) is 5.32 Å². The summed E-state index contributed by atoms with van der Waals surface area (Å²) in [7, 11) is 1.61. The highest BCUT2D eigenvalue weighted by atomic mass is 35.5. The molecular formula is C15H10ClNO3S. The number of carbonyl (C=O) groups excluding carboxylic acids is 2. The van der Waals surface area contributed by atoms with Gasteiger partial charge in [-0.1, -0.05) is 23.4 Å². The van der Waals surface area contributed by atoms with E-state index >= 15 is 0 Å². The van der Waals surface area contributed by atoms with E-state index in [1.54, 1.807) is 13.2 Å². The number of benzene rings is 2. The Labute approximate surface area is 130 Å². The molecule has 0 radical (unpaired) electrons. The van der Waals surface area contributed by atoms with Gasteiger partial charge in [-0.25, -0.2) is 0 Å². The van der Waals surface area contributed by atoms with Crippen LogP contribution in [0, 0.1) is 0 Å². The summed E-state index contributed by atoms with van der Waals surface area (Å²) >= 11 is 7.64. The number of rotatable bonds is 3. The second-order valence-electron chi connectivity index (χ2n) is 4.39. The number of ether oxygens (including phenoxy) is 1. The number of Topliss-reactive ketones (excluding diaryl/α,β-unsaturated/α-hetero) is 1. The number of nitrogens with one attached hydrogen (secondary N) is 1. The highest BCUT2D eigenvalue weighted by Gasteiger charge is 2.29. The van der Waals surface area contributed by atoms with Gasteiger partial charge >= 0.3 is 0 Å². The molecule has 0 aromatic heterocycles. The molecule has 1 aliphatic heterocycles. The van der Waals surface area contributed by atoms with E-state index in [-0.39, 0.29) is 0 Å². The Balaban J connectivity index is 1.91. The second kappa shape index (κ2) is 5.42. The number of methoxy groups -OCH3 is 1. The monoisotopic (exact) mass is 319 g/mol. The number of ketones is 1. The van der Waals surface area contributed by atoms with Crippen LogP contribution in [0.3, 0.4) is 0 Å². The van der Waals surface area contributed by atoms with Crippen molar-refractivity contribution < 1.29 is 14.3 Å². The van der Waals surface area contributed by atoms with Gasteiger partial charge in [-0.3, -0.25) is 9.59 Å². The number of anilines is 1. The minimum atomic E-state index is -0.618. The van der Waals surface area contributed by atoms with Crippen molar-refractivity contribution >= 4 is 40.7 Å². The van der Waals surface area contributed by atoms with Gasteiger partial charge in [0.2, 0.25) is 0 Å². The first-order valence-corrected chi connectivity index (χ1v) is 7.29. The van der Waals surface area contributed by atoms with Crippen molar-refractivity contribution in [1.29, 1.82) is 0 Å². The number of halogens is 1. The lowest BCUT2D eigenvalue weighted by Gasteiger charge is -2.07. The maximum absolute atomic E-state index is 11.6. The molecule has 0 atom stereocenters. The van der Waals surface area contributed by atoms with Gasteiger partial charge < -0.3 is 10.1 Å². The molecule has 3 rings (SSSR count). The van der Waals surface area contributed by atoms with Crippen molar-refractivity contribution in [3.05, 3.63) is 47.0 Å². The van der Waals surface area contributed by atoms with Crippen molar-refractivity contribution in [3.8, 4) is 5.75 Å². The summed E-state index contributed by atoms with van der Waals surface area (Å²) in [4.78, 5) is 24.7. The Morgan fingerprint density at radius 2 is 1.86 bits per heavy atom. The molecule has 4 nitrogen and oxygen atoms in total. The molecule has 2 aromatic rings. The van der Waals surface area contributed by atoms with Crippen molar-refractivity contribution in [2.45, 2.75) is 9.79 Å². The first-order valence-electron chi connectivity index (χ1n) is 6.09. The van der Waals surface area contributed by atoms with Crippen molar-refractivity contribution in [1.82, 2.24) is 0 Å². The maximum atomic E-state index is 11.6. The Morgan fingerprint density at radius 1 is 1.14 bits per heavy atom. The van der Waals surface area contributed by atoms with Gasteiger partial charge in [0, 0.05) is 9.79 Å². The van der Waals surface area contributed by atoms with Gasteiger partial charge in [0.1, 0.15) is 5.75 Å². The molecule has 106 valence electrons. The number of hydrogen-bond donors (Lipinski definition) is 1. The van der Waals surface area contributed by atoms with E-state index in [0.717, 1.165) is 15.5 Å². The summed E-state index contributed by atoms with van der Waals surface area (Å²) in [6, 6.07) is 10.8. The number of hydrogen-bond acceptors (Lipinski definition) is 4. The van der Waals surface area contributed by atoms with Crippen molar-refractivity contribution in [2.24, 2.45) is 0 Å². The molecule has 1 N–H and O–H groups in total. The molecule has 0 saturated heterocycles. The van der Waals surface area contributed by atoms with E-state index in [0.29, 0.717) is 16.3 Å². The van der Waals surface area contributed by atoms with Gasteiger partial charge in [0.15, 0.2) is 0 Å². The van der Waals surface area contributed by atoms with Crippen molar-refractivity contribution in [3.63, 3.8) is 0 Å². The fraction of sp³-hybridized carbons (Fsp3) is 0.0667. The van der Waals surface area contributed by atoms with Crippen LogP contribution >= 0.6 is 23.4 Å². The average Bonchev–Trinajstić information content (AvgIpc) is 2.75. The van der Waals surface area contributed by atoms with E-state index in [9.17, 15) is 9.59 Å². The van der Waals surface area contributed by atoms with Crippen LogP contribution in [-0.4, -0.2) is 18.8 Å². The molecule has 0 saturated carbocycles. The Hall–Kier alpha value is -1.98. The summed E-state index contributed by atoms with van der Waals surface area (Å²) < 4.78 is 5.11. The maximum Gasteiger partial charge on any atom is 0.296 e. The Bertz CT molecular complexity index is 743. The summed E-state index contributed by atoms with van der Waals surface area (Å²) in [6.45, 7) is 0. The van der Waals surface area contributed by atoms with E-state index in [1.807, 2.05) is 24.3 Å². The third-order valence-corrected chi connectivity index (χ3v) is 4.55. The minimum absolute atomic E-state index is 0.323. The predicted molar refractivity (Wildman–Crippen MR) is 81.5 cm³/mol. The molecule has 21 heavy (non-hydrogen) atoms. The van der Waals surface area contributed by atoms with Gasteiger partial charge in [0.05, 0.1) is 23.4 Å². The van der Waals surface area contributed by atoms with Gasteiger partial charge in [0.25, 0.3) is 11.7 Å². The smallest absolute Gasteiger partial charge is 0.296 e. The average molecular weight is 320 g/mol.